The molecule has 7 heteroatoms. The Morgan fingerprint density at radius 1 is 1.44 bits per heavy atom. The van der Waals surface area contributed by atoms with E-state index < -0.39 is 18.4 Å². The summed E-state index contributed by atoms with van der Waals surface area (Å²) in [5.41, 5.74) is 0. The van der Waals surface area contributed by atoms with E-state index in [1.54, 1.807) is 0 Å². The summed E-state index contributed by atoms with van der Waals surface area (Å²) in [4.78, 5) is 14.8. The summed E-state index contributed by atoms with van der Waals surface area (Å²) >= 11 is 0. The van der Waals surface area contributed by atoms with E-state index >= 15 is 0 Å². The van der Waals surface area contributed by atoms with Gasteiger partial charge in [-0.2, -0.15) is 18.2 Å². The fraction of sp³-hybridized carbons (Fsp3) is 0.667. The molecule has 0 amide bonds. The van der Waals surface area contributed by atoms with Gasteiger partial charge in [0.2, 0.25) is 5.89 Å². The fourth-order valence-corrected chi connectivity index (χ4v) is 1.31. The number of halogens is 3. The summed E-state index contributed by atoms with van der Waals surface area (Å²) < 4.78 is 40.5. The lowest BCUT2D eigenvalue weighted by molar-refractivity contribution is -0.128. The molecule has 1 aromatic heterocycles. The van der Waals surface area contributed by atoms with Crippen molar-refractivity contribution in [2.24, 2.45) is 5.92 Å². The molecule has 4 nitrogen and oxygen atoms in total. The first kappa shape index (κ1) is 11.1. The van der Waals surface area contributed by atoms with Crippen molar-refractivity contribution in [1.82, 2.24) is 10.1 Å². The first-order valence-electron chi connectivity index (χ1n) is 4.85. The van der Waals surface area contributed by atoms with Gasteiger partial charge < -0.3 is 4.52 Å². The molecule has 16 heavy (non-hydrogen) atoms. The van der Waals surface area contributed by atoms with Gasteiger partial charge in [-0.05, 0) is 12.8 Å². The average Bonchev–Trinajstić information content (AvgIpc) is 2.89. The van der Waals surface area contributed by atoms with Gasteiger partial charge in [0.05, 0.1) is 6.42 Å². The van der Waals surface area contributed by atoms with Gasteiger partial charge in [-0.3, -0.25) is 4.79 Å². The minimum atomic E-state index is -4.36. The molecule has 1 fully saturated rings. The number of carbonyl (C=O) groups is 1. The molecule has 0 N–H and O–H groups in total. The first-order chi connectivity index (χ1) is 7.44. The quantitative estimate of drug-likeness (QED) is 0.795. The van der Waals surface area contributed by atoms with Crippen molar-refractivity contribution in [3.8, 4) is 0 Å². The van der Waals surface area contributed by atoms with Gasteiger partial charge in [-0.1, -0.05) is 5.16 Å². The summed E-state index contributed by atoms with van der Waals surface area (Å²) in [6.45, 7) is 0. The maximum Gasteiger partial charge on any atom is 0.396 e. The van der Waals surface area contributed by atoms with Crippen molar-refractivity contribution < 1.29 is 22.5 Å². The molecule has 0 saturated heterocycles. The Labute approximate surface area is 88.8 Å². The van der Waals surface area contributed by atoms with Crippen LogP contribution in [-0.2, 0) is 17.6 Å². The van der Waals surface area contributed by atoms with Crippen molar-refractivity contribution in [3.63, 3.8) is 0 Å². The van der Waals surface area contributed by atoms with E-state index in [1.807, 2.05) is 0 Å². The smallest absolute Gasteiger partial charge is 0.339 e. The van der Waals surface area contributed by atoms with E-state index in [4.69, 9.17) is 0 Å². The van der Waals surface area contributed by atoms with Crippen molar-refractivity contribution >= 4 is 5.78 Å². The molecule has 0 aromatic carbocycles. The second-order valence-electron chi connectivity index (χ2n) is 3.81. The number of hydrogen-bond acceptors (Lipinski definition) is 4. The van der Waals surface area contributed by atoms with E-state index in [0.717, 1.165) is 12.8 Å². The van der Waals surface area contributed by atoms with Crippen LogP contribution in [0.15, 0.2) is 4.52 Å². The lowest BCUT2D eigenvalue weighted by atomic mass is 10.2. The van der Waals surface area contributed by atoms with Crippen LogP contribution in [0.1, 0.15) is 24.6 Å². The number of carbonyl (C=O) groups excluding carboxylic acids is 1. The van der Waals surface area contributed by atoms with Crippen LogP contribution in [0.5, 0.6) is 0 Å². The molecule has 1 aliphatic rings. The van der Waals surface area contributed by atoms with Gasteiger partial charge in [0.25, 0.3) is 0 Å². The Morgan fingerprint density at radius 2 is 2.12 bits per heavy atom. The van der Waals surface area contributed by atoms with E-state index in [2.05, 4.69) is 14.7 Å². The van der Waals surface area contributed by atoms with Gasteiger partial charge >= 0.3 is 6.18 Å². The van der Waals surface area contributed by atoms with Crippen LogP contribution in [0.25, 0.3) is 0 Å². The molecule has 0 bridgehead atoms. The minimum Gasteiger partial charge on any atom is -0.339 e. The zero-order chi connectivity index (χ0) is 11.8. The third-order valence-corrected chi connectivity index (χ3v) is 2.23. The Hall–Kier alpha value is -1.40. The second kappa shape index (κ2) is 3.88. The molecule has 1 heterocycles. The zero-order valence-electron chi connectivity index (χ0n) is 8.25. The van der Waals surface area contributed by atoms with Gasteiger partial charge in [-0.15, -0.1) is 0 Å². The molecule has 1 aliphatic carbocycles. The standard InChI is InChI=1S/C9H9F3N2O2/c10-9(11,12)4-7-13-8(16-14-7)3-6(15)5-1-2-5/h5H,1-4H2. The summed E-state index contributed by atoms with van der Waals surface area (Å²) in [5, 5.41) is 3.18. The number of alkyl halides is 3. The van der Waals surface area contributed by atoms with E-state index in [0.29, 0.717) is 0 Å². The fourth-order valence-electron chi connectivity index (χ4n) is 1.31. The highest BCUT2D eigenvalue weighted by molar-refractivity contribution is 5.84. The van der Waals surface area contributed by atoms with Crippen LogP contribution in [-0.4, -0.2) is 22.1 Å². The molecule has 0 atom stereocenters. The highest BCUT2D eigenvalue weighted by Crippen LogP contribution is 2.30. The predicted octanol–water partition coefficient (Wildman–Crippen LogP) is 1.70. The minimum absolute atomic E-state index is 0.0313. The molecule has 1 aromatic rings. The van der Waals surface area contributed by atoms with Crippen molar-refractivity contribution in [2.45, 2.75) is 31.9 Å². The third-order valence-electron chi connectivity index (χ3n) is 2.23. The van der Waals surface area contributed by atoms with Crippen LogP contribution in [0, 0.1) is 5.92 Å². The molecular weight excluding hydrogens is 225 g/mol. The summed E-state index contributed by atoms with van der Waals surface area (Å²) in [5.74, 6) is -0.456. The Kier molecular flexibility index (Phi) is 2.69. The molecular formula is C9H9F3N2O2. The van der Waals surface area contributed by atoms with Gasteiger partial charge in [0.1, 0.15) is 12.2 Å². The highest BCUT2D eigenvalue weighted by atomic mass is 19.4. The van der Waals surface area contributed by atoms with E-state index in [-0.39, 0.29) is 24.0 Å². The molecule has 0 spiro atoms. The largest absolute Gasteiger partial charge is 0.396 e. The topological polar surface area (TPSA) is 56.0 Å². The Morgan fingerprint density at radius 3 is 2.69 bits per heavy atom. The third kappa shape index (κ3) is 3.04. The molecule has 2 rings (SSSR count). The molecule has 0 aliphatic heterocycles. The normalized spacial score (nSPS) is 16.4. The summed E-state index contributed by atoms with van der Waals surface area (Å²) in [7, 11) is 0. The predicted molar refractivity (Wildman–Crippen MR) is 45.5 cm³/mol. The Bertz CT molecular complexity index is 396. The number of rotatable bonds is 4. The Balaban J connectivity index is 1.93. The summed E-state index contributed by atoms with van der Waals surface area (Å²) in [6, 6.07) is 0. The van der Waals surface area contributed by atoms with Crippen molar-refractivity contribution in [1.29, 1.82) is 0 Å². The van der Waals surface area contributed by atoms with Crippen LogP contribution in [0.2, 0.25) is 0 Å². The molecule has 1 saturated carbocycles. The molecule has 0 radical (unpaired) electrons. The number of hydrogen-bond donors (Lipinski definition) is 0. The van der Waals surface area contributed by atoms with Crippen molar-refractivity contribution in [3.05, 3.63) is 11.7 Å². The van der Waals surface area contributed by atoms with Gasteiger partial charge in [-0.25, -0.2) is 0 Å². The number of nitrogens with zero attached hydrogens (tertiary/aromatic N) is 2. The van der Waals surface area contributed by atoms with Crippen molar-refractivity contribution in [2.75, 3.05) is 0 Å². The van der Waals surface area contributed by atoms with Crippen LogP contribution >= 0.6 is 0 Å². The monoisotopic (exact) mass is 234 g/mol. The number of aromatic nitrogens is 2. The molecule has 0 unspecified atom stereocenters. The zero-order valence-corrected chi connectivity index (χ0v) is 8.25. The van der Waals surface area contributed by atoms with Gasteiger partial charge in [0, 0.05) is 5.92 Å². The van der Waals surface area contributed by atoms with Crippen LogP contribution in [0.4, 0.5) is 13.2 Å². The van der Waals surface area contributed by atoms with Gasteiger partial charge in [0.15, 0.2) is 5.82 Å². The number of ketones is 1. The SMILES string of the molecule is O=C(Cc1nc(CC(F)(F)F)no1)C1CC1. The van der Waals surface area contributed by atoms with Crippen LogP contribution < -0.4 is 0 Å². The lowest BCUT2D eigenvalue weighted by Gasteiger charge is -1.99. The van der Waals surface area contributed by atoms with E-state index in [9.17, 15) is 18.0 Å². The lowest BCUT2D eigenvalue weighted by Crippen LogP contribution is -2.13. The molecule has 88 valence electrons. The average molecular weight is 234 g/mol. The maximum atomic E-state index is 12.0. The first-order valence-corrected chi connectivity index (χ1v) is 4.85. The van der Waals surface area contributed by atoms with E-state index in [1.165, 1.54) is 0 Å². The van der Waals surface area contributed by atoms with Crippen LogP contribution in [0.3, 0.4) is 0 Å². The summed E-state index contributed by atoms with van der Waals surface area (Å²) in [6.07, 6.45) is -3.95. The maximum absolute atomic E-state index is 12.0. The second-order valence-corrected chi connectivity index (χ2v) is 3.81. The highest BCUT2D eigenvalue weighted by Gasteiger charge is 2.32. The number of Topliss-reactive ketones (excluding diaryl/α,β-unsaturated/α-hetero) is 1.